The minimum Gasteiger partial charge on any atom is -0.378 e. The van der Waals surface area contributed by atoms with Crippen molar-refractivity contribution in [2.45, 2.75) is 19.4 Å². The van der Waals surface area contributed by atoms with Crippen molar-refractivity contribution in [1.82, 2.24) is 14.7 Å². The molecule has 1 unspecified atom stereocenters. The van der Waals surface area contributed by atoms with Crippen LogP contribution in [0.25, 0.3) is 0 Å². The zero-order valence-electron chi connectivity index (χ0n) is 11.0. The molecule has 19 heavy (non-hydrogen) atoms. The fourth-order valence-corrected chi connectivity index (χ4v) is 2.82. The number of aryl methyl sites for hydroxylation is 1. The van der Waals surface area contributed by atoms with Gasteiger partial charge in [0.15, 0.2) is 0 Å². The topological polar surface area (TPSA) is 73.4 Å². The number of nitrogens with zero attached hydrogens (tertiary/aromatic N) is 3. The highest BCUT2D eigenvalue weighted by molar-refractivity contribution is 5.95. The Kier molecular flexibility index (Phi) is 3.52. The lowest BCUT2D eigenvalue weighted by Gasteiger charge is -2.28. The molecule has 3 rings (SSSR count). The first kappa shape index (κ1) is 12.6. The Morgan fingerprint density at radius 2 is 2.21 bits per heavy atom. The Bertz CT molecular complexity index is 465. The van der Waals surface area contributed by atoms with Crippen molar-refractivity contribution in [2.75, 3.05) is 32.8 Å². The summed E-state index contributed by atoms with van der Waals surface area (Å²) in [5, 5.41) is 4.34. The Morgan fingerprint density at radius 3 is 2.95 bits per heavy atom. The lowest BCUT2D eigenvalue weighted by Crippen LogP contribution is -2.41. The lowest BCUT2D eigenvalue weighted by molar-refractivity contribution is 0.0301. The van der Waals surface area contributed by atoms with Crippen molar-refractivity contribution in [3.63, 3.8) is 0 Å². The van der Waals surface area contributed by atoms with Crippen LogP contribution in [-0.2, 0) is 17.7 Å². The standard InChI is InChI=1S/C13H20N4O2/c14-8-10-1-2-17-12(7-10)11(9-15-17)13(18)16-3-5-19-6-4-16/h9-10H,1-8,14H2. The van der Waals surface area contributed by atoms with Crippen LogP contribution in [0.3, 0.4) is 0 Å². The van der Waals surface area contributed by atoms with Crippen molar-refractivity contribution >= 4 is 5.91 Å². The molecular weight excluding hydrogens is 244 g/mol. The Labute approximate surface area is 112 Å². The highest BCUT2D eigenvalue weighted by atomic mass is 16.5. The molecule has 2 N–H and O–H groups in total. The number of fused-ring (bicyclic) bond motifs is 1. The number of hydrogen-bond donors (Lipinski definition) is 1. The van der Waals surface area contributed by atoms with Crippen LogP contribution in [0, 0.1) is 5.92 Å². The number of ether oxygens (including phenoxy) is 1. The van der Waals surface area contributed by atoms with Crippen LogP contribution in [0.2, 0.25) is 0 Å². The van der Waals surface area contributed by atoms with Crippen LogP contribution in [0.15, 0.2) is 6.20 Å². The maximum atomic E-state index is 12.5. The molecule has 1 fully saturated rings. The molecule has 1 atom stereocenters. The molecule has 1 amide bonds. The Morgan fingerprint density at radius 1 is 1.42 bits per heavy atom. The molecule has 104 valence electrons. The van der Waals surface area contributed by atoms with Gasteiger partial charge in [0, 0.05) is 19.6 Å². The van der Waals surface area contributed by atoms with Gasteiger partial charge in [-0.2, -0.15) is 5.10 Å². The van der Waals surface area contributed by atoms with Gasteiger partial charge in [-0.25, -0.2) is 0 Å². The molecule has 6 heteroatoms. The van der Waals surface area contributed by atoms with E-state index in [9.17, 15) is 4.79 Å². The molecule has 1 aromatic heterocycles. The third-order valence-electron chi connectivity index (χ3n) is 4.04. The largest absolute Gasteiger partial charge is 0.378 e. The summed E-state index contributed by atoms with van der Waals surface area (Å²) in [6, 6.07) is 0. The first-order valence-electron chi connectivity index (χ1n) is 6.91. The van der Waals surface area contributed by atoms with Crippen LogP contribution in [-0.4, -0.2) is 53.4 Å². The number of carbonyl (C=O) groups excluding carboxylic acids is 1. The molecule has 0 saturated carbocycles. The number of carbonyl (C=O) groups is 1. The Hall–Kier alpha value is -1.40. The monoisotopic (exact) mass is 264 g/mol. The molecule has 1 saturated heterocycles. The molecule has 0 spiro atoms. The van der Waals surface area contributed by atoms with Crippen molar-refractivity contribution in [2.24, 2.45) is 11.7 Å². The molecular formula is C13H20N4O2. The van der Waals surface area contributed by atoms with Gasteiger partial charge >= 0.3 is 0 Å². The lowest BCUT2D eigenvalue weighted by atomic mass is 9.94. The van der Waals surface area contributed by atoms with E-state index in [0.717, 1.165) is 30.6 Å². The van der Waals surface area contributed by atoms with Gasteiger partial charge in [-0.3, -0.25) is 9.48 Å². The average Bonchev–Trinajstić information content (AvgIpc) is 2.90. The molecule has 0 aliphatic carbocycles. The molecule has 2 aliphatic heterocycles. The number of aromatic nitrogens is 2. The second-order valence-corrected chi connectivity index (χ2v) is 5.23. The zero-order chi connectivity index (χ0) is 13.2. The maximum Gasteiger partial charge on any atom is 0.257 e. The third kappa shape index (κ3) is 2.37. The van der Waals surface area contributed by atoms with E-state index >= 15 is 0 Å². The highest BCUT2D eigenvalue weighted by Gasteiger charge is 2.27. The van der Waals surface area contributed by atoms with E-state index in [1.807, 2.05) is 9.58 Å². The molecule has 6 nitrogen and oxygen atoms in total. The molecule has 0 aromatic carbocycles. The number of rotatable bonds is 2. The van der Waals surface area contributed by atoms with Gasteiger partial charge in [-0.05, 0) is 25.3 Å². The van der Waals surface area contributed by atoms with Gasteiger partial charge in [0.05, 0.1) is 30.7 Å². The van der Waals surface area contributed by atoms with E-state index in [2.05, 4.69) is 5.10 Å². The van der Waals surface area contributed by atoms with Gasteiger partial charge < -0.3 is 15.4 Å². The van der Waals surface area contributed by atoms with Crippen LogP contribution in [0.4, 0.5) is 0 Å². The summed E-state index contributed by atoms with van der Waals surface area (Å²) >= 11 is 0. The molecule has 1 aromatic rings. The summed E-state index contributed by atoms with van der Waals surface area (Å²) in [6.07, 6.45) is 3.63. The maximum absolute atomic E-state index is 12.5. The van der Waals surface area contributed by atoms with E-state index in [1.54, 1.807) is 6.20 Å². The van der Waals surface area contributed by atoms with Crippen molar-refractivity contribution < 1.29 is 9.53 Å². The summed E-state index contributed by atoms with van der Waals surface area (Å²) in [4.78, 5) is 14.4. The normalized spacial score (nSPS) is 23.2. The quantitative estimate of drug-likeness (QED) is 0.808. The number of amides is 1. The van der Waals surface area contributed by atoms with Crippen LogP contribution < -0.4 is 5.73 Å². The summed E-state index contributed by atoms with van der Waals surface area (Å²) in [5.74, 6) is 0.558. The number of nitrogens with two attached hydrogens (primary N) is 1. The van der Waals surface area contributed by atoms with E-state index in [1.165, 1.54) is 0 Å². The van der Waals surface area contributed by atoms with Gasteiger partial charge in [-0.15, -0.1) is 0 Å². The van der Waals surface area contributed by atoms with Crippen molar-refractivity contribution in [3.05, 3.63) is 17.5 Å². The second kappa shape index (κ2) is 5.30. The van der Waals surface area contributed by atoms with E-state index in [-0.39, 0.29) is 5.91 Å². The summed E-state index contributed by atoms with van der Waals surface area (Å²) in [5.41, 5.74) is 7.56. The highest BCUT2D eigenvalue weighted by Crippen LogP contribution is 2.23. The number of hydrogen-bond acceptors (Lipinski definition) is 4. The molecule has 2 aliphatic rings. The second-order valence-electron chi connectivity index (χ2n) is 5.23. The summed E-state index contributed by atoms with van der Waals surface area (Å²) < 4.78 is 7.24. The summed E-state index contributed by atoms with van der Waals surface area (Å²) in [6.45, 7) is 4.14. The molecule has 3 heterocycles. The molecule has 0 radical (unpaired) electrons. The van der Waals surface area contributed by atoms with E-state index in [0.29, 0.717) is 38.8 Å². The predicted octanol–water partition coefficient (Wildman–Crippen LogP) is -0.123. The first-order chi connectivity index (χ1) is 9.29. The minimum atomic E-state index is 0.0854. The predicted molar refractivity (Wildman–Crippen MR) is 69.8 cm³/mol. The van der Waals surface area contributed by atoms with E-state index in [4.69, 9.17) is 10.5 Å². The summed E-state index contributed by atoms with van der Waals surface area (Å²) in [7, 11) is 0. The Balaban J connectivity index is 1.81. The van der Waals surface area contributed by atoms with Crippen LogP contribution in [0.1, 0.15) is 22.5 Å². The van der Waals surface area contributed by atoms with Gasteiger partial charge in [0.1, 0.15) is 0 Å². The first-order valence-corrected chi connectivity index (χ1v) is 6.91. The third-order valence-corrected chi connectivity index (χ3v) is 4.04. The SMILES string of the molecule is NCC1CCn2ncc(C(=O)N3CCOCC3)c2C1. The average molecular weight is 264 g/mol. The van der Waals surface area contributed by atoms with Crippen LogP contribution >= 0.6 is 0 Å². The van der Waals surface area contributed by atoms with Crippen LogP contribution in [0.5, 0.6) is 0 Å². The molecule has 0 bridgehead atoms. The minimum absolute atomic E-state index is 0.0854. The van der Waals surface area contributed by atoms with Crippen molar-refractivity contribution in [3.8, 4) is 0 Å². The fraction of sp³-hybridized carbons (Fsp3) is 0.692. The van der Waals surface area contributed by atoms with Crippen molar-refractivity contribution in [1.29, 1.82) is 0 Å². The van der Waals surface area contributed by atoms with Gasteiger partial charge in [-0.1, -0.05) is 0 Å². The zero-order valence-corrected chi connectivity index (χ0v) is 11.0. The van der Waals surface area contributed by atoms with E-state index < -0.39 is 0 Å². The fourth-order valence-electron chi connectivity index (χ4n) is 2.82. The van der Waals surface area contributed by atoms with Gasteiger partial charge in [0.25, 0.3) is 5.91 Å². The number of morpholine rings is 1. The van der Waals surface area contributed by atoms with Gasteiger partial charge in [0.2, 0.25) is 0 Å². The smallest absolute Gasteiger partial charge is 0.257 e.